The molecule has 0 spiro atoms. The number of hydrogen-bond donors (Lipinski definition) is 2. The van der Waals surface area contributed by atoms with Gasteiger partial charge in [-0.05, 0) is 35.4 Å². The maximum absolute atomic E-state index is 14.4. The molecule has 3 aromatic carbocycles. The van der Waals surface area contributed by atoms with E-state index in [-0.39, 0.29) is 6.42 Å². The molecule has 0 bridgehead atoms. The minimum atomic E-state index is -4.85. The number of carbonyl (C=O) groups excluding carboxylic acids is 1. The van der Waals surface area contributed by atoms with Gasteiger partial charge in [-0.1, -0.05) is 72.8 Å². The SMILES string of the molecule is O=C(Nc1c(F)cccc1C(F)(F)F)NC(Cc1ccccc1)(c1ccccc1)c1ccccn1. The van der Waals surface area contributed by atoms with Gasteiger partial charge < -0.3 is 10.6 Å². The predicted molar refractivity (Wildman–Crippen MR) is 125 cm³/mol. The van der Waals surface area contributed by atoms with Gasteiger partial charge >= 0.3 is 12.2 Å². The van der Waals surface area contributed by atoms with Gasteiger partial charge in [-0.25, -0.2) is 9.18 Å². The zero-order valence-corrected chi connectivity index (χ0v) is 18.4. The van der Waals surface area contributed by atoms with Crippen LogP contribution in [0.15, 0.2) is 103 Å². The maximum Gasteiger partial charge on any atom is 0.418 e. The van der Waals surface area contributed by atoms with Gasteiger partial charge in [0.15, 0.2) is 0 Å². The van der Waals surface area contributed by atoms with E-state index in [1.165, 1.54) is 0 Å². The quantitative estimate of drug-likeness (QED) is 0.308. The molecule has 0 saturated carbocycles. The molecule has 0 fully saturated rings. The number of rotatable bonds is 6. The van der Waals surface area contributed by atoms with Crippen molar-refractivity contribution in [3.8, 4) is 0 Å². The molecule has 0 aliphatic heterocycles. The molecule has 4 rings (SSSR count). The van der Waals surface area contributed by atoms with Crippen molar-refractivity contribution in [2.45, 2.75) is 18.1 Å². The van der Waals surface area contributed by atoms with Crippen LogP contribution in [0.4, 0.5) is 28.0 Å². The minimum Gasteiger partial charge on any atom is -0.322 e. The Bertz CT molecular complexity index is 1240. The van der Waals surface area contributed by atoms with E-state index in [4.69, 9.17) is 0 Å². The molecule has 4 aromatic rings. The van der Waals surface area contributed by atoms with E-state index in [1.54, 1.807) is 48.7 Å². The lowest BCUT2D eigenvalue weighted by atomic mass is 9.80. The first-order chi connectivity index (χ1) is 16.8. The number of carbonyl (C=O) groups is 1. The molecule has 1 unspecified atom stereocenters. The van der Waals surface area contributed by atoms with Crippen LogP contribution in [0.2, 0.25) is 0 Å². The van der Waals surface area contributed by atoms with Crippen LogP contribution in [0.5, 0.6) is 0 Å². The second kappa shape index (κ2) is 9.97. The van der Waals surface area contributed by atoms with Crippen molar-refractivity contribution in [3.05, 3.63) is 131 Å². The number of urea groups is 1. The van der Waals surface area contributed by atoms with Gasteiger partial charge in [-0.3, -0.25) is 4.98 Å². The van der Waals surface area contributed by atoms with Gasteiger partial charge in [0.25, 0.3) is 0 Å². The van der Waals surface area contributed by atoms with E-state index in [0.29, 0.717) is 17.3 Å². The summed E-state index contributed by atoms with van der Waals surface area (Å²) in [7, 11) is 0. The molecule has 0 aliphatic rings. The standard InChI is InChI=1S/C27H21F4N3O/c28-22-15-9-14-21(27(29,30)31)24(22)33-25(35)34-26(20-12-5-2-6-13-20,23-16-7-8-17-32-23)18-19-10-3-1-4-11-19/h1-17H,18H2,(H2,33,34,35). The third-order valence-electron chi connectivity index (χ3n) is 5.57. The number of hydrogen-bond acceptors (Lipinski definition) is 2. The van der Waals surface area contributed by atoms with Crippen molar-refractivity contribution in [1.29, 1.82) is 0 Å². The van der Waals surface area contributed by atoms with Crippen molar-refractivity contribution >= 4 is 11.7 Å². The molecule has 2 N–H and O–H groups in total. The Morgan fingerprint density at radius 3 is 2.09 bits per heavy atom. The Kier molecular flexibility index (Phi) is 6.82. The molecule has 1 aromatic heterocycles. The summed E-state index contributed by atoms with van der Waals surface area (Å²) < 4.78 is 54.9. The van der Waals surface area contributed by atoms with E-state index < -0.39 is 34.8 Å². The fourth-order valence-electron chi connectivity index (χ4n) is 3.99. The Labute approximate surface area is 199 Å². The fraction of sp³-hybridized carbons (Fsp3) is 0.111. The highest BCUT2D eigenvalue weighted by Crippen LogP contribution is 2.37. The van der Waals surface area contributed by atoms with Crippen molar-refractivity contribution < 1.29 is 22.4 Å². The highest BCUT2D eigenvalue weighted by molar-refractivity contribution is 5.91. The van der Waals surface area contributed by atoms with Crippen molar-refractivity contribution in [3.63, 3.8) is 0 Å². The zero-order valence-electron chi connectivity index (χ0n) is 18.4. The van der Waals surface area contributed by atoms with Crippen molar-refractivity contribution in [1.82, 2.24) is 10.3 Å². The normalized spacial score (nSPS) is 13.0. The summed E-state index contributed by atoms with van der Waals surface area (Å²) in [5.74, 6) is -1.19. The first-order valence-electron chi connectivity index (χ1n) is 10.8. The van der Waals surface area contributed by atoms with Gasteiger partial charge in [0.2, 0.25) is 0 Å². The van der Waals surface area contributed by atoms with Gasteiger partial charge in [0.05, 0.1) is 16.9 Å². The molecule has 0 radical (unpaired) electrons. The number of benzene rings is 3. The number of para-hydroxylation sites is 1. The third-order valence-corrected chi connectivity index (χ3v) is 5.57. The molecule has 4 nitrogen and oxygen atoms in total. The Morgan fingerprint density at radius 2 is 1.46 bits per heavy atom. The molecule has 178 valence electrons. The van der Waals surface area contributed by atoms with Crippen LogP contribution < -0.4 is 10.6 Å². The Hall–Kier alpha value is -4.20. The van der Waals surface area contributed by atoms with Crippen LogP contribution in [0.25, 0.3) is 0 Å². The lowest BCUT2D eigenvalue weighted by Gasteiger charge is -2.35. The second-order valence-electron chi connectivity index (χ2n) is 7.89. The molecule has 1 atom stereocenters. The summed E-state index contributed by atoms with van der Waals surface area (Å²) in [6.45, 7) is 0. The van der Waals surface area contributed by atoms with Crippen LogP contribution in [-0.2, 0) is 18.1 Å². The molecule has 0 saturated heterocycles. The number of pyridine rings is 1. The van der Waals surface area contributed by atoms with Crippen LogP contribution >= 0.6 is 0 Å². The molecular formula is C27H21F4N3O. The number of aromatic nitrogens is 1. The molecule has 8 heteroatoms. The monoisotopic (exact) mass is 479 g/mol. The lowest BCUT2D eigenvalue weighted by Crippen LogP contribution is -2.50. The average Bonchev–Trinajstić information content (AvgIpc) is 2.86. The summed E-state index contributed by atoms with van der Waals surface area (Å²) in [4.78, 5) is 17.7. The van der Waals surface area contributed by atoms with E-state index in [2.05, 4.69) is 15.6 Å². The van der Waals surface area contributed by atoms with Crippen molar-refractivity contribution in [2.75, 3.05) is 5.32 Å². The van der Waals surface area contributed by atoms with Gasteiger partial charge in [0, 0.05) is 12.6 Å². The van der Waals surface area contributed by atoms with Crippen molar-refractivity contribution in [2.24, 2.45) is 0 Å². The smallest absolute Gasteiger partial charge is 0.322 e. The Balaban J connectivity index is 1.80. The summed E-state index contributed by atoms with van der Waals surface area (Å²) in [5.41, 5.74) is -1.52. The lowest BCUT2D eigenvalue weighted by molar-refractivity contribution is -0.137. The number of anilines is 1. The number of alkyl halides is 3. The van der Waals surface area contributed by atoms with Gasteiger partial charge in [0.1, 0.15) is 11.4 Å². The van der Waals surface area contributed by atoms with Crippen LogP contribution in [0.1, 0.15) is 22.4 Å². The Morgan fingerprint density at radius 1 is 0.800 bits per heavy atom. The molecule has 35 heavy (non-hydrogen) atoms. The second-order valence-corrected chi connectivity index (χ2v) is 7.89. The van der Waals surface area contributed by atoms with Gasteiger partial charge in [-0.15, -0.1) is 0 Å². The van der Waals surface area contributed by atoms with E-state index in [1.807, 2.05) is 36.4 Å². The van der Waals surface area contributed by atoms with E-state index in [0.717, 1.165) is 17.7 Å². The van der Waals surface area contributed by atoms with E-state index in [9.17, 15) is 22.4 Å². The minimum absolute atomic E-state index is 0.242. The predicted octanol–water partition coefficient (Wildman–Crippen LogP) is 6.55. The highest BCUT2D eigenvalue weighted by Gasteiger charge is 2.39. The van der Waals surface area contributed by atoms with Gasteiger partial charge in [-0.2, -0.15) is 13.2 Å². The molecule has 0 aliphatic carbocycles. The van der Waals surface area contributed by atoms with Crippen LogP contribution in [0, 0.1) is 5.82 Å². The number of amides is 2. The zero-order chi connectivity index (χ0) is 24.9. The summed E-state index contributed by atoms with van der Waals surface area (Å²) in [6, 6.07) is 25.0. The first-order valence-corrected chi connectivity index (χ1v) is 10.8. The van der Waals surface area contributed by atoms with Crippen LogP contribution in [0.3, 0.4) is 0 Å². The third kappa shape index (κ3) is 5.32. The largest absolute Gasteiger partial charge is 0.418 e. The summed E-state index contributed by atoms with van der Waals surface area (Å²) in [5, 5.41) is 4.91. The first kappa shape index (κ1) is 23.9. The number of halogens is 4. The average molecular weight is 479 g/mol. The molecular weight excluding hydrogens is 458 g/mol. The summed E-state index contributed by atoms with van der Waals surface area (Å²) >= 11 is 0. The highest BCUT2D eigenvalue weighted by atomic mass is 19.4. The number of nitrogens with zero attached hydrogens (tertiary/aromatic N) is 1. The topological polar surface area (TPSA) is 54.0 Å². The molecule has 2 amide bonds. The van der Waals surface area contributed by atoms with E-state index >= 15 is 0 Å². The summed E-state index contributed by atoms with van der Waals surface area (Å²) in [6.07, 6.45) is -3.05. The molecule has 1 heterocycles. The van der Waals surface area contributed by atoms with Crippen LogP contribution in [-0.4, -0.2) is 11.0 Å². The maximum atomic E-state index is 14.4. The fourth-order valence-corrected chi connectivity index (χ4v) is 3.99. The number of nitrogens with one attached hydrogen (secondary N) is 2.